The van der Waals surface area contributed by atoms with Crippen LogP contribution in [-0.4, -0.2) is 12.6 Å². The summed E-state index contributed by atoms with van der Waals surface area (Å²) in [6, 6.07) is 3.49. The Morgan fingerprint density at radius 2 is 2.00 bits per heavy atom. The number of ether oxygens (including phenoxy) is 1. The first-order chi connectivity index (χ1) is 9.10. The van der Waals surface area contributed by atoms with Crippen LogP contribution in [0.4, 0.5) is 8.78 Å². The number of rotatable bonds is 3. The quantitative estimate of drug-likeness (QED) is 0.779. The SMILES string of the molecule is CCOC(=O)C1CC=C(c2cc(F)cc(F)c2)CC1. The fraction of sp³-hybridized carbons (Fsp3) is 0.400. The second kappa shape index (κ2) is 5.95. The van der Waals surface area contributed by atoms with Crippen LogP contribution >= 0.6 is 0 Å². The van der Waals surface area contributed by atoms with Gasteiger partial charge in [0.15, 0.2) is 0 Å². The van der Waals surface area contributed by atoms with Crippen LogP contribution in [0.2, 0.25) is 0 Å². The summed E-state index contributed by atoms with van der Waals surface area (Å²) in [7, 11) is 0. The molecule has 1 atom stereocenters. The first-order valence-electron chi connectivity index (χ1n) is 6.42. The number of halogens is 2. The second-order valence-electron chi connectivity index (χ2n) is 4.61. The van der Waals surface area contributed by atoms with E-state index in [1.165, 1.54) is 12.1 Å². The molecule has 0 saturated carbocycles. The summed E-state index contributed by atoms with van der Waals surface area (Å²) in [5.41, 5.74) is 1.44. The smallest absolute Gasteiger partial charge is 0.309 e. The third kappa shape index (κ3) is 3.40. The van der Waals surface area contributed by atoms with Gasteiger partial charge in [0, 0.05) is 6.07 Å². The van der Waals surface area contributed by atoms with E-state index in [0.29, 0.717) is 31.4 Å². The molecule has 0 bridgehead atoms. The van der Waals surface area contributed by atoms with E-state index in [2.05, 4.69) is 0 Å². The molecule has 1 aromatic carbocycles. The van der Waals surface area contributed by atoms with Crippen LogP contribution in [0.25, 0.3) is 5.57 Å². The zero-order valence-corrected chi connectivity index (χ0v) is 10.8. The van der Waals surface area contributed by atoms with Crippen LogP contribution in [0.15, 0.2) is 24.3 Å². The second-order valence-corrected chi connectivity index (χ2v) is 4.61. The maximum atomic E-state index is 13.1. The van der Waals surface area contributed by atoms with Crippen LogP contribution in [0.3, 0.4) is 0 Å². The van der Waals surface area contributed by atoms with Gasteiger partial charge in [0.1, 0.15) is 11.6 Å². The Kier molecular flexibility index (Phi) is 4.30. The molecule has 0 amide bonds. The summed E-state index contributed by atoms with van der Waals surface area (Å²) in [6.45, 7) is 2.15. The van der Waals surface area contributed by atoms with Crippen LogP contribution in [0.1, 0.15) is 31.7 Å². The van der Waals surface area contributed by atoms with E-state index in [1.807, 2.05) is 6.08 Å². The average molecular weight is 266 g/mol. The first kappa shape index (κ1) is 13.7. The maximum Gasteiger partial charge on any atom is 0.309 e. The lowest BCUT2D eigenvalue weighted by Crippen LogP contribution is -2.19. The molecule has 102 valence electrons. The van der Waals surface area contributed by atoms with E-state index < -0.39 is 11.6 Å². The lowest BCUT2D eigenvalue weighted by Gasteiger charge is -2.20. The summed E-state index contributed by atoms with van der Waals surface area (Å²) in [6.07, 6.45) is 3.72. The Labute approximate surface area is 111 Å². The van der Waals surface area contributed by atoms with Gasteiger partial charge >= 0.3 is 5.97 Å². The third-order valence-corrected chi connectivity index (χ3v) is 3.26. The molecule has 0 saturated heterocycles. The van der Waals surface area contributed by atoms with Crippen molar-refractivity contribution in [2.24, 2.45) is 5.92 Å². The van der Waals surface area contributed by atoms with Gasteiger partial charge < -0.3 is 4.74 Å². The van der Waals surface area contributed by atoms with Gasteiger partial charge in [0.05, 0.1) is 12.5 Å². The maximum absolute atomic E-state index is 13.1. The van der Waals surface area contributed by atoms with Crippen LogP contribution in [-0.2, 0) is 9.53 Å². The molecule has 0 fully saturated rings. The minimum atomic E-state index is -0.580. The average Bonchev–Trinajstić information content (AvgIpc) is 2.38. The molecule has 1 aromatic rings. The zero-order valence-electron chi connectivity index (χ0n) is 10.8. The molecule has 0 aliphatic heterocycles. The molecule has 0 spiro atoms. The Morgan fingerprint density at radius 1 is 1.32 bits per heavy atom. The summed E-state index contributed by atoms with van der Waals surface area (Å²) < 4.78 is 31.3. The molecule has 0 radical (unpaired) electrons. The molecule has 19 heavy (non-hydrogen) atoms. The van der Waals surface area contributed by atoms with Crippen molar-refractivity contribution in [3.63, 3.8) is 0 Å². The first-order valence-corrected chi connectivity index (χ1v) is 6.42. The van der Waals surface area contributed by atoms with E-state index >= 15 is 0 Å². The van der Waals surface area contributed by atoms with Gasteiger partial charge in [-0.05, 0) is 49.5 Å². The monoisotopic (exact) mass is 266 g/mol. The molecule has 4 heteroatoms. The van der Waals surface area contributed by atoms with E-state index in [1.54, 1.807) is 6.92 Å². The fourth-order valence-electron chi connectivity index (χ4n) is 2.31. The van der Waals surface area contributed by atoms with Crippen molar-refractivity contribution in [2.45, 2.75) is 26.2 Å². The van der Waals surface area contributed by atoms with Crippen molar-refractivity contribution in [3.05, 3.63) is 41.5 Å². The molecule has 0 heterocycles. The zero-order chi connectivity index (χ0) is 13.8. The topological polar surface area (TPSA) is 26.3 Å². The molecule has 1 aliphatic rings. The predicted molar refractivity (Wildman–Crippen MR) is 68.3 cm³/mol. The molecule has 2 nitrogen and oxygen atoms in total. The summed E-state index contributed by atoms with van der Waals surface area (Å²) in [5, 5.41) is 0. The Balaban J connectivity index is 2.10. The molecule has 1 unspecified atom stereocenters. The highest BCUT2D eigenvalue weighted by Gasteiger charge is 2.23. The lowest BCUT2D eigenvalue weighted by molar-refractivity contribution is -0.148. The highest BCUT2D eigenvalue weighted by Crippen LogP contribution is 2.31. The minimum Gasteiger partial charge on any atom is -0.466 e. The van der Waals surface area contributed by atoms with E-state index in [0.717, 1.165) is 11.6 Å². The van der Waals surface area contributed by atoms with E-state index in [-0.39, 0.29) is 11.9 Å². The standard InChI is InChI=1S/C15H16F2O2/c1-2-19-15(18)11-5-3-10(4-6-11)12-7-13(16)9-14(17)8-12/h3,7-9,11H,2,4-6H2,1H3. The Hall–Kier alpha value is -1.71. The Bertz CT molecular complexity index is 489. The molecular formula is C15H16F2O2. The van der Waals surface area contributed by atoms with Crippen molar-refractivity contribution in [1.82, 2.24) is 0 Å². The van der Waals surface area contributed by atoms with Gasteiger partial charge in [-0.15, -0.1) is 0 Å². The van der Waals surface area contributed by atoms with Gasteiger partial charge in [-0.3, -0.25) is 4.79 Å². The summed E-state index contributed by atoms with van der Waals surface area (Å²) >= 11 is 0. The lowest BCUT2D eigenvalue weighted by atomic mass is 9.86. The van der Waals surface area contributed by atoms with Crippen molar-refractivity contribution in [3.8, 4) is 0 Å². The number of hydrogen-bond acceptors (Lipinski definition) is 2. The van der Waals surface area contributed by atoms with Crippen molar-refractivity contribution in [1.29, 1.82) is 0 Å². The van der Waals surface area contributed by atoms with E-state index in [4.69, 9.17) is 4.74 Å². The van der Waals surface area contributed by atoms with Gasteiger partial charge in [-0.1, -0.05) is 6.08 Å². The normalized spacial score (nSPS) is 18.9. The number of hydrogen-bond donors (Lipinski definition) is 0. The third-order valence-electron chi connectivity index (χ3n) is 3.26. The van der Waals surface area contributed by atoms with Gasteiger partial charge in [0.25, 0.3) is 0 Å². The molecular weight excluding hydrogens is 250 g/mol. The van der Waals surface area contributed by atoms with Crippen LogP contribution in [0, 0.1) is 17.6 Å². The highest BCUT2D eigenvalue weighted by atomic mass is 19.1. The predicted octanol–water partition coefficient (Wildman–Crippen LogP) is 3.71. The molecule has 0 N–H and O–H groups in total. The number of carbonyl (C=O) groups is 1. The Morgan fingerprint density at radius 3 is 2.53 bits per heavy atom. The summed E-state index contributed by atoms with van der Waals surface area (Å²) in [4.78, 5) is 11.6. The molecule has 2 rings (SSSR count). The summed E-state index contributed by atoms with van der Waals surface area (Å²) in [5.74, 6) is -1.49. The number of carbonyl (C=O) groups excluding carboxylic acids is 1. The highest BCUT2D eigenvalue weighted by molar-refractivity contribution is 5.75. The van der Waals surface area contributed by atoms with Crippen molar-refractivity contribution < 1.29 is 18.3 Å². The number of benzene rings is 1. The molecule has 1 aliphatic carbocycles. The van der Waals surface area contributed by atoms with Gasteiger partial charge in [0.2, 0.25) is 0 Å². The van der Waals surface area contributed by atoms with Crippen LogP contribution in [0.5, 0.6) is 0 Å². The molecule has 0 aromatic heterocycles. The number of allylic oxidation sites excluding steroid dienone is 2. The van der Waals surface area contributed by atoms with Crippen LogP contribution < -0.4 is 0 Å². The number of esters is 1. The van der Waals surface area contributed by atoms with Crippen molar-refractivity contribution >= 4 is 11.5 Å². The largest absolute Gasteiger partial charge is 0.466 e. The van der Waals surface area contributed by atoms with Crippen molar-refractivity contribution in [2.75, 3.05) is 6.61 Å². The van der Waals surface area contributed by atoms with E-state index in [9.17, 15) is 13.6 Å². The minimum absolute atomic E-state index is 0.137. The fourth-order valence-corrected chi connectivity index (χ4v) is 2.31. The van der Waals surface area contributed by atoms with Gasteiger partial charge in [-0.2, -0.15) is 0 Å². The van der Waals surface area contributed by atoms with Gasteiger partial charge in [-0.25, -0.2) is 8.78 Å².